The summed E-state index contributed by atoms with van der Waals surface area (Å²) in [5.41, 5.74) is -0.308. The number of hydrazine groups is 1. The zero-order chi connectivity index (χ0) is 25.4. The molecular weight excluding hydrogens is 497 g/mol. The maximum absolute atomic E-state index is 13.5. The Bertz CT molecular complexity index is 1250. The van der Waals surface area contributed by atoms with Gasteiger partial charge in [-0.2, -0.15) is 5.01 Å². The molecule has 0 radical (unpaired) electrons. The number of nitro benzene ring substituents is 1. The zero-order valence-electron chi connectivity index (χ0n) is 18.6. The van der Waals surface area contributed by atoms with Crippen LogP contribution in [0.15, 0.2) is 42.5 Å². The summed E-state index contributed by atoms with van der Waals surface area (Å²) >= 11 is 12.0. The lowest BCUT2D eigenvalue weighted by atomic mass is 9.76. The van der Waals surface area contributed by atoms with Crippen LogP contribution in [0.2, 0.25) is 10.0 Å². The SMILES string of the molecule is C[C@@H]1CC[C@@H]2C(=O)N(N(CC(=O)c3cccc([N+](=O)[O-])c3)C(=O)c3ccc(Cl)c(Cl)c3)C(=O)[C@@H]2C1. The van der Waals surface area contributed by atoms with Gasteiger partial charge in [0.15, 0.2) is 5.78 Å². The van der Waals surface area contributed by atoms with Crippen molar-refractivity contribution in [2.75, 3.05) is 6.54 Å². The van der Waals surface area contributed by atoms with Crippen LogP contribution in [0, 0.1) is 27.9 Å². The summed E-state index contributed by atoms with van der Waals surface area (Å²) in [6.07, 6.45) is 1.81. The molecule has 4 rings (SSSR count). The smallest absolute Gasteiger partial charge is 0.273 e. The quantitative estimate of drug-likeness (QED) is 0.240. The number of ketones is 1. The second-order valence-corrected chi connectivity index (χ2v) is 9.66. The minimum Gasteiger partial charge on any atom is -0.292 e. The first-order valence-electron chi connectivity index (χ1n) is 11.0. The van der Waals surface area contributed by atoms with Gasteiger partial charge in [0.05, 0.1) is 26.8 Å². The Morgan fingerprint density at radius 1 is 1.03 bits per heavy atom. The van der Waals surface area contributed by atoms with E-state index in [9.17, 15) is 29.3 Å². The molecule has 2 aromatic rings. The van der Waals surface area contributed by atoms with E-state index in [4.69, 9.17) is 23.2 Å². The van der Waals surface area contributed by atoms with Gasteiger partial charge in [-0.25, -0.2) is 5.01 Å². The fraction of sp³-hybridized carbons (Fsp3) is 0.333. The number of hydrogen-bond acceptors (Lipinski definition) is 6. The van der Waals surface area contributed by atoms with E-state index in [1.165, 1.54) is 36.4 Å². The molecule has 1 saturated carbocycles. The van der Waals surface area contributed by atoms with Gasteiger partial charge in [-0.1, -0.05) is 42.3 Å². The number of fused-ring (bicyclic) bond motifs is 1. The number of Topliss-reactive ketones (excluding diaryl/α,β-unsaturated/α-hetero) is 1. The van der Waals surface area contributed by atoms with Crippen LogP contribution < -0.4 is 0 Å². The van der Waals surface area contributed by atoms with Gasteiger partial charge in [-0.3, -0.25) is 29.3 Å². The number of imide groups is 1. The largest absolute Gasteiger partial charge is 0.292 e. The fourth-order valence-corrected chi connectivity index (χ4v) is 4.94. The van der Waals surface area contributed by atoms with E-state index < -0.39 is 46.8 Å². The number of nitro groups is 1. The Labute approximate surface area is 210 Å². The number of amides is 3. The average Bonchev–Trinajstić information content (AvgIpc) is 3.07. The number of halogens is 2. The highest BCUT2D eigenvalue weighted by Crippen LogP contribution is 2.41. The Morgan fingerprint density at radius 3 is 2.43 bits per heavy atom. The third kappa shape index (κ3) is 4.78. The third-order valence-electron chi connectivity index (χ3n) is 6.48. The predicted molar refractivity (Wildman–Crippen MR) is 127 cm³/mol. The number of nitrogens with zero attached hydrogens (tertiary/aromatic N) is 3. The van der Waals surface area contributed by atoms with Crippen molar-refractivity contribution in [1.82, 2.24) is 10.0 Å². The molecule has 1 aliphatic carbocycles. The molecule has 0 unspecified atom stereocenters. The van der Waals surface area contributed by atoms with Crippen molar-refractivity contribution >= 4 is 52.4 Å². The zero-order valence-corrected chi connectivity index (χ0v) is 20.2. The van der Waals surface area contributed by atoms with Crippen LogP contribution in [0.1, 0.15) is 46.9 Å². The lowest BCUT2D eigenvalue weighted by molar-refractivity contribution is -0.384. The number of hydrogen-bond donors (Lipinski definition) is 0. The molecule has 3 atom stereocenters. The van der Waals surface area contributed by atoms with Gasteiger partial charge in [0, 0.05) is 23.3 Å². The normalized spacial score (nSPS) is 21.6. The van der Waals surface area contributed by atoms with Crippen molar-refractivity contribution in [2.45, 2.75) is 26.2 Å². The summed E-state index contributed by atoms with van der Waals surface area (Å²) in [6, 6.07) is 9.09. The molecule has 0 N–H and O–H groups in total. The summed E-state index contributed by atoms with van der Waals surface area (Å²) in [5.74, 6) is -3.42. The van der Waals surface area contributed by atoms with Gasteiger partial charge in [-0.15, -0.1) is 0 Å². The van der Waals surface area contributed by atoms with Crippen molar-refractivity contribution in [3.05, 3.63) is 73.8 Å². The molecular formula is C24H21Cl2N3O6. The molecule has 2 aromatic carbocycles. The third-order valence-corrected chi connectivity index (χ3v) is 7.22. The van der Waals surface area contributed by atoms with Crippen LogP contribution >= 0.6 is 23.2 Å². The summed E-state index contributed by atoms with van der Waals surface area (Å²) in [7, 11) is 0. The molecule has 182 valence electrons. The first-order valence-corrected chi connectivity index (χ1v) is 11.8. The standard InChI is InChI=1S/C24H21Cl2N3O6/c1-13-5-7-17-18(9-13)24(33)28(23(17)32)27(22(31)15-6-8-19(25)20(26)11-15)12-21(30)14-3-2-4-16(10-14)29(34)35/h2-4,6,8,10-11,13,17-18H,5,7,9,12H2,1H3/t13-,17+,18-/m1/s1. The Morgan fingerprint density at radius 2 is 1.74 bits per heavy atom. The van der Waals surface area contributed by atoms with Crippen molar-refractivity contribution in [3.8, 4) is 0 Å². The first kappa shape index (κ1) is 24.8. The van der Waals surface area contributed by atoms with Crippen molar-refractivity contribution in [1.29, 1.82) is 0 Å². The van der Waals surface area contributed by atoms with Gasteiger partial charge in [0.25, 0.3) is 23.4 Å². The van der Waals surface area contributed by atoms with E-state index in [1.807, 2.05) is 6.92 Å². The minimum atomic E-state index is -0.796. The highest BCUT2D eigenvalue weighted by molar-refractivity contribution is 6.42. The van der Waals surface area contributed by atoms with Crippen molar-refractivity contribution in [2.24, 2.45) is 17.8 Å². The van der Waals surface area contributed by atoms with Gasteiger partial charge < -0.3 is 0 Å². The molecule has 1 saturated heterocycles. The number of carbonyl (C=O) groups is 4. The monoisotopic (exact) mass is 517 g/mol. The van der Waals surface area contributed by atoms with Gasteiger partial charge in [0.1, 0.15) is 6.54 Å². The molecule has 0 bridgehead atoms. The van der Waals surface area contributed by atoms with Crippen molar-refractivity contribution in [3.63, 3.8) is 0 Å². The van der Waals surface area contributed by atoms with Crippen LogP contribution in [0.4, 0.5) is 5.69 Å². The topological polar surface area (TPSA) is 118 Å². The molecule has 0 spiro atoms. The van der Waals surface area contributed by atoms with Crippen molar-refractivity contribution < 1.29 is 24.1 Å². The number of carbonyl (C=O) groups excluding carboxylic acids is 4. The van der Waals surface area contributed by atoms with Crippen LogP contribution in [0.3, 0.4) is 0 Å². The number of benzene rings is 2. The highest BCUT2D eigenvalue weighted by Gasteiger charge is 2.52. The van der Waals surface area contributed by atoms with Gasteiger partial charge in [-0.05, 0) is 43.4 Å². The molecule has 1 heterocycles. The molecule has 2 aliphatic rings. The predicted octanol–water partition coefficient (Wildman–Crippen LogP) is 4.56. The Kier molecular flexibility index (Phi) is 6.91. The second-order valence-electron chi connectivity index (χ2n) is 8.84. The van der Waals surface area contributed by atoms with E-state index >= 15 is 0 Å². The van der Waals surface area contributed by atoms with Crippen LogP contribution in [-0.2, 0) is 9.59 Å². The van der Waals surface area contributed by atoms with Gasteiger partial charge >= 0.3 is 0 Å². The lowest BCUT2D eigenvalue weighted by Gasteiger charge is -2.30. The summed E-state index contributed by atoms with van der Waals surface area (Å²) in [6.45, 7) is 1.33. The molecule has 2 fully saturated rings. The lowest BCUT2D eigenvalue weighted by Crippen LogP contribution is -2.52. The number of rotatable bonds is 6. The molecule has 11 heteroatoms. The second kappa shape index (κ2) is 9.75. The van der Waals surface area contributed by atoms with Crippen LogP contribution in [0.5, 0.6) is 0 Å². The molecule has 1 aliphatic heterocycles. The van der Waals surface area contributed by atoms with Gasteiger partial charge in [0.2, 0.25) is 0 Å². The molecule has 3 amide bonds. The maximum Gasteiger partial charge on any atom is 0.273 e. The first-order chi connectivity index (χ1) is 16.6. The minimum absolute atomic E-state index is 0.0232. The van der Waals surface area contributed by atoms with Crippen LogP contribution in [0.25, 0.3) is 0 Å². The number of non-ortho nitro benzene ring substituents is 1. The molecule has 9 nitrogen and oxygen atoms in total. The van der Waals surface area contributed by atoms with E-state index in [1.54, 1.807) is 0 Å². The Balaban J connectivity index is 1.71. The summed E-state index contributed by atoms with van der Waals surface area (Å²) < 4.78 is 0. The average molecular weight is 518 g/mol. The highest BCUT2D eigenvalue weighted by atomic mass is 35.5. The molecule has 0 aromatic heterocycles. The van der Waals surface area contributed by atoms with Crippen LogP contribution in [-0.4, -0.2) is 45.0 Å². The summed E-state index contributed by atoms with van der Waals surface area (Å²) in [5, 5.41) is 13.0. The maximum atomic E-state index is 13.5. The summed E-state index contributed by atoms with van der Waals surface area (Å²) in [4.78, 5) is 63.7. The van der Waals surface area contributed by atoms with E-state index in [0.717, 1.165) is 22.5 Å². The Hall–Kier alpha value is -3.30. The van der Waals surface area contributed by atoms with E-state index in [0.29, 0.717) is 12.8 Å². The molecule has 35 heavy (non-hydrogen) atoms. The van der Waals surface area contributed by atoms with E-state index in [2.05, 4.69) is 0 Å². The van der Waals surface area contributed by atoms with E-state index in [-0.39, 0.29) is 32.8 Å². The fourth-order valence-electron chi connectivity index (χ4n) is 4.64.